The maximum Gasteiger partial charge on any atom is 0.230 e. The van der Waals surface area contributed by atoms with Gasteiger partial charge in [0.1, 0.15) is 0 Å². The second kappa shape index (κ2) is 10.9. The molecule has 1 aromatic rings. The lowest BCUT2D eigenvalue weighted by Gasteiger charge is -2.39. The topological polar surface area (TPSA) is 58.4 Å². The Labute approximate surface area is 164 Å². The van der Waals surface area contributed by atoms with E-state index in [1.54, 1.807) is 0 Å². The average Bonchev–Trinajstić information content (AvgIpc) is 2.57. The number of nitrogens with two attached hydrogens (primary N) is 1. The van der Waals surface area contributed by atoms with Gasteiger partial charge in [0.2, 0.25) is 5.91 Å². The number of rotatable bonds is 6. The molecule has 1 amide bonds. The molecule has 1 aliphatic heterocycles. The molecular formula is C19H33Cl2N3O. The number of benzene rings is 1. The van der Waals surface area contributed by atoms with Crippen LogP contribution in [0, 0.1) is 12.3 Å². The molecular weight excluding hydrogens is 357 g/mol. The van der Waals surface area contributed by atoms with Gasteiger partial charge in [-0.15, -0.1) is 24.8 Å². The normalized spacial score (nSPS) is 15.1. The van der Waals surface area contributed by atoms with E-state index in [4.69, 9.17) is 5.73 Å². The molecule has 3 N–H and O–H groups in total. The average molecular weight is 390 g/mol. The molecule has 0 aliphatic carbocycles. The first-order valence-corrected chi connectivity index (χ1v) is 8.87. The van der Waals surface area contributed by atoms with E-state index in [1.165, 1.54) is 11.3 Å². The fourth-order valence-electron chi connectivity index (χ4n) is 3.46. The third-order valence-corrected chi connectivity index (χ3v) is 5.37. The van der Waals surface area contributed by atoms with Gasteiger partial charge in [0, 0.05) is 31.4 Å². The largest absolute Gasteiger partial charge is 0.382 e. The van der Waals surface area contributed by atoms with E-state index in [0.29, 0.717) is 12.6 Å². The Balaban J connectivity index is 0.00000288. The van der Waals surface area contributed by atoms with Crippen LogP contribution in [-0.4, -0.2) is 36.5 Å². The minimum Gasteiger partial charge on any atom is -0.382 e. The summed E-state index contributed by atoms with van der Waals surface area (Å²) in [7, 11) is 0. The highest BCUT2D eigenvalue weighted by atomic mass is 35.5. The van der Waals surface area contributed by atoms with Gasteiger partial charge in [0.05, 0.1) is 5.41 Å². The van der Waals surface area contributed by atoms with E-state index < -0.39 is 0 Å². The summed E-state index contributed by atoms with van der Waals surface area (Å²) in [5, 5.41) is 3.60. The van der Waals surface area contributed by atoms with Crippen molar-refractivity contribution in [1.82, 2.24) is 4.90 Å². The SMILES string of the molecule is CCC(CC)(CN)C(=O)N1CCC(Nc2cccc(C)c2)CC1.Cl.Cl. The van der Waals surface area contributed by atoms with Crippen LogP contribution in [0.4, 0.5) is 5.69 Å². The number of carbonyl (C=O) groups is 1. The van der Waals surface area contributed by atoms with Gasteiger partial charge >= 0.3 is 0 Å². The molecule has 0 aromatic heterocycles. The number of anilines is 1. The number of aryl methyl sites for hydroxylation is 1. The Morgan fingerprint density at radius 1 is 1.24 bits per heavy atom. The van der Waals surface area contributed by atoms with Crippen LogP contribution in [0.25, 0.3) is 0 Å². The first-order chi connectivity index (χ1) is 11.0. The van der Waals surface area contributed by atoms with Gasteiger partial charge in [0.15, 0.2) is 0 Å². The number of halogens is 2. The first kappa shape index (κ1) is 24.0. The number of carbonyl (C=O) groups excluding carboxylic acids is 1. The summed E-state index contributed by atoms with van der Waals surface area (Å²) in [6, 6.07) is 8.91. The summed E-state index contributed by atoms with van der Waals surface area (Å²) in [5.74, 6) is 0.249. The Hall–Kier alpha value is -0.970. The first-order valence-electron chi connectivity index (χ1n) is 8.87. The van der Waals surface area contributed by atoms with Gasteiger partial charge in [-0.05, 0) is 50.3 Å². The molecule has 144 valence electrons. The van der Waals surface area contributed by atoms with Gasteiger partial charge in [0.25, 0.3) is 0 Å². The second-order valence-corrected chi connectivity index (χ2v) is 6.77. The predicted molar refractivity (Wildman–Crippen MR) is 111 cm³/mol. The molecule has 0 unspecified atom stereocenters. The molecule has 0 atom stereocenters. The zero-order valence-corrected chi connectivity index (χ0v) is 17.2. The third kappa shape index (κ3) is 5.77. The molecule has 0 radical (unpaired) electrons. The lowest BCUT2D eigenvalue weighted by atomic mass is 9.80. The summed E-state index contributed by atoms with van der Waals surface area (Å²) >= 11 is 0. The highest BCUT2D eigenvalue weighted by Crippen LogP contribution is 2.29. The molecule has 1 heterocycles. The van der Waals surface area contributed by atoms with Crippen molar-refractivity contribution in [1.29, 1.82) is 0 Å². The van der Waals surface area contributed by atoms with Crippen LogP contribution >= 0.6 is 24.8 Å². The zero-order chi connectivity index (χ0) is 16.9. The Morgan fingerprint density at radius 2 is 1.84 bits per heavy atom. The van der Waals surface area contributed by atoms with Crippen molar-refractivity contribution < 1.29 is 4.79 Å². The number of hydrogen-bond donors (Lipinski definition) is 2. The van der Waals surface area contributed by atoms with Crippen LogP contribution in [-0.2, 0) is 4.79 Å². The van der Waals surface area contributed by atoms with E-state index in [-0.39, 0.29) is 36.1 Å². The minimum atomic E-state index is -0.364. The third-order valence-electron chi connectivity index (χ3n) is 5.37. The fraction of sp³-hybridized carbons (Fsp3) is 0.632. The van der Waals surface area contributed by atoms with Crippen molar-refractivity contribution in [2.45, 2.75) is 52.5 Å². The molecule has 0 saturated carbocycles. The van der Waals surface area contributed by atoms with Crippen LogP contribution in [0.3, 0.4) is 0 Å². The van der Waals surface area contributed by atoms with Crippen LogP contribution in [0.2, 0.25) is 0 Å². The summed E-state index contributed by atoms with van der Waals surface area (Å²) in [5.41, 5.74) is 8.00. The van der Waals surface area contributed by atoms with E-state index in [9.17, 15) is 4.79 Å². The van der Waals surface area contributed by atoms with Gasteiger partial charge in [-0.2, -0.15) is 0 Å². The molecule has 0 bridgehead atoms. The molecule has 1 fully saturated rings. The van der Waals surface area contributed by atoms with E-state index in [1.807, 2.05) is 4.90 Å². The summed E-state index contributed by atoms with van der Waals surface area (Å²) in [6.45, 7) is 8.34. The van der Waals surface area contributed by atoms with E-state index in [0.717, 1.165) is 38.8 Å². The molecule has 2 rings (SSSR count). The van der Waals surface area contributed by atoms with Gasteiger partial charge in [-0.1, -0.05) is 26.0 Å². The van der Waals surface area contributed by atoms with E-state index in [2.05, 4.69) is 50.4 Å². The maximum absolute atomic E-state index is 12.8. The monoisotopic (exact) mass is 389 g/mol. The number of amides is 1. The second-order valence-electron chi connectivity index (χ2n) is 6.77. The van der Waals surface area contributed by atoms with Crippen molar-refractivity contribution in [2.75, 3.05) is 25.0 Å². The molecule has 1 aliphatic rings. The standard InChI is InChI=1S/C19H31N3O.2ClH/c1-4-19(5-2,14-20)18(23)22-11-9-16(10-12-22)21-17-8-6-7-15(3)13-17;;/h6-8,13,16,21H,4-5,9-12,14,20H2,1-3H3;2*1H. The number of piperidine rings is 1. The van der Waals surface area contributed by atoms with Gasteiger partial charge in [-0.3, -0.25) is 4.79 Å². The van der Waals surface area contributed by atoms with Crippen LogP contribution in [0.15, 0.2) is 24.3 Å². The quantitative estimate of drug-likeness (QED) is 0.772. The Morgan fingerprint density at radius 3 is 2.32 bits per heavy atom. The predicted octanol–water partition coefficient (Wildman–Crippen LogP) is 4.01. The van der Waals surface area contributed by atoms with Crippen molar-refractivity contribution >= 4 is 36.4 Å². The van der Waals surface area contributed by atoms with Crippen molar-refractivity contribution in [3.8, 4) is 0 Å². The molecule has 25 heavy (non-hydrogen) atoms. The van der Waals surface area contributed by atoms with Crippen LogP contribution < -0.4 is 11.1 Å². The summed E-state index contributed by atoms with van der Waals surface area (Å²) < 4.78 is 0. The minimum absolute atomic E-state index is 0. The van der Waals surface area contributed by atoms with Crippen molar-refractivity contribution in [3.05, 3.63) is 29.8 Å². The molecule has 1 saturated heterocycles. The summed E-state index contributed by atoms with van der Waals surface area (Å²) in [6.07, 6.45) is 3.63. The lowest BCUT2D eigenvalue weighted by molar-refractivity contribution is -0.143. The van der Waals surface area contributed by atoms with Crippen molar-refractivity contribution in [2.24, 2.45) is 11.1 Å². The number of likely N-dealkylation sites (tertiary alicyclic amines) is 1. The lowest BCUT2D eigenvalue weighted by Crippen LogP contribution is -2.51. The van der Waals surface area contributed by atoms with E-state index >= 15 is 0 Å². The highest BCUT2D eigenvalue weighted by molar-refractivity contribution is 5.85. The highest BCUT2D eigenvalue weighted by Gasteiger charge is 2.37. The number of nitrogens with zero attached hydrogens (tertiary/aromatic N) is 1. The Bertz CT molecular complexity index is 519. The Kier molecular flexibility index (Phi) is 10.5. The van der Waals surface area contributed by atoms with Crippen LogP contribution in [0.5, 0.6) is 0 Å². The smallest absolute Gasteiger partial charge is 0.230 e. The zero-order valence-electron chi connectivity index (χ0n) is 15.6. The van der Waals surface area contributed by atoms with Crippen molar-refractivity contribution in [3.63, 3.8) is 0 Å². The fourth-order valence-corrected chi connectivity index (χ4v) is 3.46. The van der Waals surface area contributed by atoms with Crippen LogP contribution in [0.1, 0.15) is 45.1 Å². The number of nitrogens with one attached hydrogen (secondary N) is 1. The molecule has 0 spiro atoms. The van der Waals surface area contributed by atoms with Gasteiger partial charge < -0.3 is 16.0 Å². The van der Waals surface area contributed by atoms with Gasteiger partial charge in [-0.25, -0.2) is 0 Å². The molecule has 4 nitrogen and oxygen atoms in total. The summed E-state index contributed by atoms with van der Waals surface area (Å²) in [4.78, 5) is 14.9. The number of hydrogen-bond acceptors (Lipinski definition) is 3. The molecule has 6 heteroatoms. The molecule has 1 aromatic carbocycles. The maximum atomic E-state index is 12.8.